The Bertz CT molecular complexity index is 990. The molecule has 0 bridgehead atoms. The Hall–Kier alpha value is -2.16. The minimum atomic E-state index is 1.21. The van der Waals surface area contributed by atoms with Gasteiger partial charge in [-0.05, 0) is 58.7 Å². The Morgan fingerprint density at radius 3 is 1.96 bits per heavy atom. The van der Waals surface area contributed by atoms with E-state index in [0.29, 0.717) is 0 Å². The van der Waals surface area contributed by atoms with Crippen molar-refractivity contribution in [3.63, 3.8) is 0 Å². The molecule has 4 aromatic rings. The molecule has 0 aliphatic heterocycles. The maximum absolute atomic E-state index is 2.38. The van der Waals surface area contributed by atoms with E-state index in [4.69, 9.17) is 0 Å². The van der Waals surface area contributed by atoms with Crippen molar-refractivity contribution in [1.82, 2.24) is 0 Å². The van der Waals surface area contributed by atoms with Gasteiger partial charge >= 0.3 is 0 Å². The Morgan fingerprint density at radius 1 is 0.643 bits per heavy atom. The summed E-state index contributed by atoms with van der Waals surface area (Å²) < 4.78 is 0. The van der Waals surface area contributed by atoms with E-state index in [1.54, 1.807) is 0 Å². The van der Waals surface area contributed by atoms with Crippen LogP contribution in [-0.4, -0.2) is 0 Å². The van der Waals surface area contributed by atoms with Gasteiger partial charge < -0.3 is 0 Å². The fraction of sp³-hybridized carbons (Fsp3) is 0.231. The maximum Gasteiger partial charge on any atom is 0.0349 e. The van der Waals surface area contributed by atoms with Crippen molar-refractivity contribution < 1.29 is 0 Å². The average Bonchev–Trinajstić information content (AvgIpc) is 3.42. The van der Waals surface area contributed by atoms with Gasteiger partial charge in [0.25, 0.3) is 0 Å². The zero-order valence-electron chi connectivity index (χ0n) is 16.4. The highest BCUT2D eigenvalue weighted by molar-refractivity contribution is 7.18. The first-order valence-electron chi connectivity index (χ1n) is 10.2. The number of hydrogen-bond acceptors (Lipinski definition) is 2. The number of thiophene rings is 2. The third-order valence-corrected chi connectivity index (χ3v) is 7.30. The summed E-state index contributed by atoms with van der Waals surface area (Å²) in [6, 6.07) is 26.5. The summed E-state index contributed by atoms with van der Waals surface area (Å²) in [6.45, 7) is 2.27. The Kier molecular flexibility index (Phi) is 6.41. The van der Waals surface area contributed by atoms with Crippen LogP contribution in [0.2, 0.25) is 0 Å². The molecule has 2 heterocycles. The molecule has 0 saturated carbocycles. The van der Waals surface area contributed by atoms with Crippen LogP contribution < -0.4 is 0 Å². The van der Waals surface area contributed by atoms with Crippen LogP contribution >= 0.6 is 22.7 Å². The second kappa shape index (κ2) is 9.36. The van der Waals surface area contributed by atoms with Crippen molar-refractivity contribution >= 4 is 22.7 Å². The molecule has 2 aromatic heterocycles. The average molecular weight is 403 g/mol. The van der Waals surface area contributed by atoms with Gasteiger partial charge in [0.2, 0.25) is 0 Å². The smallest absolute Gasteiger partial charge is 0.0349 e. The quantitative estimate of drug-likeness (QED) is 0.258. The predicted molar refractivity (Wildman–Crippen MR) is 126 cm³/mol. The molecule has 0 saturated heterocycles. The van der Waals surface area contributed by atoms with Crippen LogP contribution in [0.4, 0.5) is 0 Å². The Labute approximate surface area is 176 Å². The van der Waals surface area contributed by atoms with E-state index in [9.17, 15) is 0 Å². The molecular formula is C26H26S2. The number of benzene rings is 2. The van der Waals surface area contributed by atoms with Gasteiger partial charge in [0.05, 0.1) is 0 Å². The summed E-state index contributed by atoms with van der Waals surface area (Å²) >= 11 is 3.73. The molecule has 2 heteroatoms. The third kappa shape index (κ3) is 4.63. The highest BCUT2D eigenvalue weighted by atomic mass is 32.1. The molecule has 28 heavy (non-hydrogen) atoms. The summed E-state index contributed by atoms with van der Waals surface area (Å²) in [5.41, 5.74) is 5.41. The minimum Gasteiger partial charge on any atom is -0.144 e. The highest BCUT2D eigenvalue weighted by Crippen LogP contribution is 2.36. The summed E-state index contributed by atoms with van der Waals surface area (Å²) in [6.07, 6.45) is 6.53. The summed E-state index contributed by atoms with van der Waals surface area (Å²) in [4.78, 5) is 4.03. The van der Waals surface area contributed by atoms with Crippen LogP contribution in [0, 0.1) is 0 Å². The fourth-order valence-electron chi connectivity index (χ4n) is 3.46. The van der Waals surface area contributed by atoms with Crippen LogP contribution in [0.5, 0.6) is 0 Å². The lowest BCUT2D eigenvalue weighted by atomic mass is 10.1. The van der Waals surface area contributed by atoms with Crippen LogP contribution in [0.1, 0.15) is 38.2 Å². The van der Waals surface area contributed by atoms with Crippen molar-refractivity contribution in [3.8, 4) is 31.3 Å². The first kappa shape index (κ1) is 19.2. The fourth-order valence-corrected chi connectivity index (χ4v) is 5.44. The van der Waals surface area contributed by atoms with E-state index in [-0.39, 0.29) is 0 Å². The number of rotatable bonds is 8. The number of unbranched alkanes of at least 4 members (excludes halogenated alkanes) is 3. The minimum absolute atomic E-state index is 1.21. The molecule has 0 atom stereocenters. The monoisotopic (exact) mass is 402 g/mol. The van der Waals surface area contributed by atoms with Crippen molar-refractivity contribution in [2.45, 2.75) is 39.0 Å². The molecule has 0 unspecified atom stereocenters. The molecular weight excluding hydrogens is 376 g/mol. The second-order valence-electron chi connectivity index (χ2n) is 7.24. The largest absolute Gasteiger partial charge is 0.144 e. The lowest BCUT2D eigenvalue weighted by molar-refractivity contribution is 0.667. The lowest BCUT2D eigenvalue weighted by Crippen LogP contribution is -1.82. The molecule has 0 spiro atoms. The van der Waals surface area contributed by atoms with Gasteiger partial charge in [-0.15, -0.1) is 22.7 Å². The van der Waals surface area contributed by atoms with Gasteiger partial charge in [0.1, 0.15) is 0 Å². The van der Waals surface area contributed by atoms with Gasteiger partial charge in [-0.2, -0.15) is 0 Å². The van der Waals surface area contributed by atoms with Gasteiger partial charge in [-0.1, -0.05) is 80.8 Å². The SMILES string of the molecule is CCCCCCc1csc(-c2ccc(-c3ccc(-c4ccccc4)s3)cc2)c1. The van der Waals surface area contributed by atoms with Gasteiger partial charge in [-0.25, -0.2) is 0 Å². The molecule has 0 radical (unpaired) electrons. The zero-order valence-corrected chi connectivity index (χ0v) is 18.0. The zero-order chi connectivity index (χ0) is 19.2. The highest BCUT2D eigenvalue weighted by Gasteiger charge is 2.07. The second-order valence-corrected chi connectivity index (χ2v) is 9.23. The van der Waals surface area contributed by atoms with Crippen molar-refractivity contribution in [1.29, 1.82) is 0 Å². The van der Waals surface area contributed by atoms with E-state index < -0.39 is 0 Å². The van der Waals surface area contributed by atoms with E-state index in [2.05, 4.69) is 85.1 Å². The van der Waals surface area contributed by atoms with Crippen molar-refractivity contribution in [2.24, 2.45) is 0 Å². The van der Waals surface area contributed by atoms with Gasteiger partial charge in [0, 0.05) is 14.6 Å². The van der Waals surface area contributed by atoms with Crippen molar-refractivity contribution in [3.05, 3.63) is 83.7 Å². The first-order chi connectivity index (χ1) is 13.8. The molecule has 0 amide bonds. The summed E-state index contributed by atoms with van der Waals surface area (Å²) in [5.74, 6) is 0. The molecule has 0 aliphatic carbocycles. The van der Waals surface area contributed by atoms with E-state index >= 15 is 0 Å². The van der Waals surface area contributed by atoms with Crippen LogP contribution in [0.3, 0.4) is 0 Å². The molecule has 0 nitrogen and oxygen atoms in total. The Morgan fingerprint density at radius 2 is 1.29 bits per heavy atom. The molecule has 142 valence electrons. The van der Waals surface area contributed by atoms with Crippen LogP contribution in [0.15, 0.2) is 78.2 Å². The summed E-state index contributed by atoms with van der Waals surface area (Å²) in [7, 11) is 0. The summed E-state index contributed by atoms with van der Waals surface area (Å²) in [5, 5.41) is 2.33. The molecule has 4 rings (SSSR count). The molecule has 0 N–H and O–H groups in total. The van der Waals surface area contributed by atoms with E-state index in [0.717, 1.165) is 0 Å². The molecule has 0 aliphatic rings. The number of hydrogen-bond donors (Lipinski definition) is 0. The van der Waals surface area contributed by atoms with Gasteiger partial charge in [0.15, 0.2) is 0 Å². The molecule has 2 aromatic carbocycles. The van der Waals surface area contributed by atoms with Crippen molar-refractivity contribution in [2.75, 3.05) is 0 Å². The molecule has 0 fully saturated rings. The van der Waals surface area contributed by atoms with E-state index in [1.807, 2.05) is 22.7 Å². The maximum atomic E-state index is 2.38. The lowest BCUT2D eigenvalue weighted by Gasteiger charge is -2.01. The van der Waals surface area contributed by atoms with Crippen LogP contribution in [0.25, 0.3) is 31.3 Å². The van der Waals surface area contributed by atoms with Gasteiger partial charge in [-0.3, -0.25) is 0 Å². The third-order valence-electron chi connectivity index (χ3n) is 5.09. The first-order valence-corrected chi connectivity index (χ1v) is 11.9. The normalized spacial score (nSPS) is 11.0. The van der Waals surface area contributed by atoms with Crippen LogP contribution in [-0.2, 0) is 6.42 Å². The van der Waals surface area contributed by atoms with E-state index in [1.165, 1.54) is 69.0 Å². The topological polar surface area (TPSA) is 0 Å². The Balaban J connectivity index is 1.45. The predicted octanol–water partition coefficient (Wildman–Crippen LogP) is 8.93. The number of aryl methyl sites for hydroxylation is 1. The standard InChI is InChI=1S/C26H26S2/c1-2-3-4-6-9-20-18-26(27-19-20)23-14-12-22(13-15-23)25-17-16-24(28-25)21-10-7-5-8-11-21/h5,7-8,10-19H,2-4,6,9H2,1H3.